The van der Waals surface area contributed by atoms with E-state index in [0.29, 0.717) is 12.4 Å². The van der Waals surface area contributed by atoms with E-state index >= 15 is 4.39 Å². The van der Waals surface area contributed by atoms with E-state index in [9.17, 15) is 9.36 Å². The maximum Gasteiger partial charge on any atom is 0.353 e. The molecular weight excluding hydrogens is 500 g/mol. The second-order valence-electron chi connectivity index (χ2n) is 8.29. The number of hydrogen-bond acceptors (Lipinski definition) is 8. The summed E-state index contributed by atoms with van der Waals surface area (Å²) in [5.41, 5.74) is 1.18. The van der Waals surface area contributed by atoms with Gasteiger partial charge in [0.2, 0.25) is 0 Å². The van der Waals surface area contributed by atoms with Crippen molar-refractivity contribution in [3.05, 3.63) is 106 Å². The lowest BCUT2D eigenvalue weighted by Gasteiger charge is -2.18. The molecule has 196 valence electrons. The summed E-state index contributed by atoms with van der Waals surface area (Å²) in [5.74, 6) is 1.55. The zero-order chi connectivity index (χ0) is 26.3. The molecule has 0 aliphatic carbocycles. The molecule has 9 nitrogen and oxygen atoms in total. The fraction of sp³-hybridized carbons (Fsp3) is 0.308. The van der Waals surface area contributed by atoms with Crippen molar-refractivity contribution in [1.29, 1.82) is 0 Å². The van der Waals surface area contributed by atoms with Crippen molar-refractivity contribution in [2.24, 2.45) is 0 Å². The molecule has 2 aromatic carbocycles. The predicted octanol–water partition coefficient (Wildman–Crippen LogP) is 4.68. The number of nitrogens with zero attached hydrogens (tertiary/aromatic N) is 2. The van der Waals surface area contributed by atoms with Crippen LogP contribution in [0.5, 0.6) is 0 Å². The summed E-state index contributed by atoms with van der Waals surface area (Å²) in [7, 11) is -1.04. The lowest BCUT2D eigenvalue weighted by molar-refractivity contribution is -0.0204. The normalized spacial score (nSPS) is 21.9. The van der Waals surface area contributed by atoms with Gasteiger partial charge in [-0.2, -0.15) is 4.98 Å². The van der Waals surface area contributed by atoms with Crippen LogP contribution in [0, 0.1) is 0 Å². The minimum absolute atomic E-state index is 0.119. The standard InChI is InChI=1S/C26H29FN3O6P/c1-33-37(32,34-2)16-14-21-24(35-18-20-11-7-4-8-12-20)23(27)25(36-21)30-15-13-22(29-26(30)31)28-17-19-9-5-3-6-10-19/h3-16,21,23-25H,17-18H2,1-2H3,(H,28,29,31)/b16-14+/t21-,23-,24-,25-/m1/s1. The number of anilines is 1. The third-order valence-electron chi connectivity index (χ3n) is 5.88. The molecule has 2 heterocycles. The SMILES string of the molecule is COP(=O)(/C=C/[C@H]1O[C@@H](n2ccc(NCc3ccccc3)nc2=O)[C@H](F)[C@@H]1OCc1ccccc1)OC. The van der Waals surface area contributed by atoms with Crippen LogP contribution in [0.4, 0.5) is 10.2 Å². The van der Waals surface area contributed by atoms with Gasteiger partial charge in [0.25, 0.3) is 0 Å². The van der Waals surface area contributed by atoms with Crippen molar-refractivity contribution >= 4 is 13.4 Å². The monoisotopic (exact) mass is 529 g/mol. The Kier molecular flexibility index (Phi) is 9.02. The first-order valence-electron chi connectivity index (χ1n) is 11.6. The van der Waals surface area contributed by atoms with Gasteiger partial charge in [-0.05, 0) is 23.3 Å². The van der Waals surface area contributed by atoms with Crippen LogP contribution in [0.25, 0.3) is 0 Å². The van der Waals surface area contributed by atoms with Crippen LogP contribution in [0.2, 0.25) is 0 Å². The molecule has 0 radical (unpaired) electrons. The quantitative estimate of drug-likeness (QED) is 0.358. The molecule has 0 saturated carbocycles. The van der Waals surface area contributed by atoms with Crippen LogP contribution < -0.4 is 11.0 Å². The largest absolute Gasteiger partial charge is 0.367 e. The number of halogens is 1. The van der Waals surface area contributed by atoms with Crippen LogP contribution in [0.15, 0.2) is 89.6 Å². The zero-order valence-corrected chi connectivity index (χ0v) is 21.4. The van der Waals surface area contributed by atoms with E-state index in [4.69, 9.17) is 18.5 Å². The van der Waals surface area contributed by atoms with Gasteiger partial charge in [0.1, 0.15) is 18.0 Å². The molecule has 1 aromatic heterocycles. The fourth-order valence-corrected chi connectivity index (χ4v) is 4.64. The Morgan fingerprint density at radius 2 is 1.70 bits per heavy atom. The van der Waals surface area contributed by atoms with Crippen molar-refractivity contribution in [2.45, 2.75) is 37.8 Å². The highest BCUT2D eigenvalue weighted by Gasteiger charge is 2.46. The molecule has 11 heteroatoms. The molecule has 4 atom stereocenters. The molecule has 0 spiro atoms. The smallest absolute Gasteiger partial charge is 0.353 e. The van der Waals surface area contributed by atoms with E-state index in [-0.39, 0.29) is 6.61 Å². The average Bonchev–Trinajstić information content (AvgIpc) is 3.25. The van der Waals surface area contributed by atoms with Gasteiger partial charge in [-0.3, -0.25) is 9.13 Å². The molecule has 4 rings (SSSR count). The molecule has 37 heavy (non-hydrogen) atoms. The Morgan fingerprint density at radius 1 is 1.05 bits per heavy atom. The van der Waals surface area contributed by atoms with Crippen molar-refractivity contribution in [3.63, 3.8) is 0 Å². The summed E-state index contributed by atoms with van der Waals surface area (Å²) in [5, 5.41) is 3.08. The minimum atomic E-state index is -3.53. The minimum Gasteiger partial charge on any atom is -0.367 e. The lowest BCUT2D eigenvalue weighted by Crippen LogP contribution is -2.34. The zero-order valence-electron chi connectivity index (χ0n) is 20.5. The summed E-state index contributed by atoms with van der Waals surface area (Å²) in [6.07, 6.45) is -2.27. The number of alkyl halides is 1. The topological polar surface area (TPSA) is 101 Å². The Bertz CT molecular complexity index is 1280. The van der Waals surface area contributed by atoms with Gasteiger partial charge in [-0.15, -0.1) is 0 Å². The molecule has 1 N–H and O–H groups in total. The summed E-state index contributed by atoms with van der Waals surface area (Å²) >= 11 is 0. The molecule has 1 fully saturated rings. The van der Waals surface area contributed by atoms with Crippen molar-refractivity contribution < 1.29 is 27.5 Å². The second-order valence-corrected chi connectivity index (χ2v) is 10.4. The molecular formula is C26H29FN3O6P. The summed E-state index contributed by atoms with van der Waals surface area (Å²) in [6.45, 7) is 0.596. The van der Waals surface area contributed by atoms with Crippen LogP contribution in [0.1, 0.15) is 17.4 Å². The molecule has 1 aliphatic heterocycles. The highest BCUT2D eigenvalue weighted by atomic mass is 31.2. The van der Waals surface area contributed by atoms with Gasteiger partial charge in [0.15, 0.2) is 12.4 Å². The van der Waals surface area contributed by atoms with E-state index in [1.807, 2.05) is 60.7 Å². The van der Waals surface area contributed by atoms with Gasteiger partial charge in [-0.1, -0.05) is 60.7 Å². The maximum atomic E-state index is 15.7. The summed E-state index contributed by atoms with van der Waals surface area (Å²) in [6, 6.07) is 20.5. The van der Waals surface area contributed by atoms with Crippen molar-refractivity contribution in [2.75, 3.05) is 19.5 Å². The number of benzene rings is 2. The number of nitrogens with one attached hydrogen (secondary N) is 1. The Morgan fingerprint density at radius 3 is 2.32 bits per heavy atom. The van der Waals surface area contributed by atoms with Gasteiger partial charge >= 0.3 is 13.3 Å². The molecule has 3 aromatic rings. The van der Waals surface area contributed by atoms with Gasteiger partial charge in [-0.25, -0.2) is 9.18 Å². The number of hydrogen-bond donors (Lipinski definition) is 1. The lowest BCUT2D eigenvalue weighted by atomic mass is 10.1. The highest BCUT2D eigenvalue weighted by molar-refractivity contribution is 7.57. The van der Waals surface area contributed by atoms with E-state index < -0.39 is 37.9 Å². The van der Waals surface area contributed by atoms with E-state index in [1.54, 1.807) is 6.07 Å². The number of rotatable bonds is 11. The van der Waals surface area contributed by atoms with Crippen molar-refractivity contribution in [3.8, 4) is 0 Å². The van der Waals surface area contributed by atoms with Gasteiger partial charge in [0.05, 0.1) is 6.61 Å². The molecule has 0 amide bonds. The van der Waals surface area contributed by atoms with Crippen molar-refractivity contribution in [1.82, 2.24) is 9.55 Å². The number of aromatic nitrogens is 2. The Hall–Kier alpha value is -3.14. The second kappa shape index (κ2) is 12.4. The first kappa shape index (κ1) is 26.9. The first-order valence-corrected chi connectivity index (χ1v) is 13.3. The van der Waals surface area contributed by atoms with E-state index in [2.05, 4.69) is 10.3 Å². The van der Waals surface area contributed by atoms with Crippen LogP contribution in [-0.4, -0.2) is 42.2 Å². The fourth-order valence-electron chi connectivity index (χ4n) is 3.86. The van der Waals surface area contributed by atoms with Crippen LogP contribution >= 0.6 is 7.60 Å². The maximum absolute atomic E-state index is 15.7. The highest BCUT2D eigenvalue weighted by Crippen LogP contribution is 2.48. The summed E-state index contributed by atoms with van der Waals surface area (Å²) < 4.78 is 50.9. The predicted molar refractivity (Wildman–Crippen MR) is 137 cm³/mol. The molecule has 1 aliphatic rings. The Balaban J connectivity index is 1.53. The van der Waals surface area contributed by atoms with Crippen LogP contribution in [-0.2, 0) is 36.2 Å². The van der Waals surface area contributed by atoms with E-state index in [0.717, 1.165) is 15.7 Å². The van der Waals surface area contributed by atoms with Gasteiger partial charge < -0.3 is 23.8 Å². The third kappa shape index (κ3) is 6.80. The van der Waals surface area contributed by atoms with E-state index in [1.165, 1.54) is 32.3 Å². The first-order chi connectivity index (χ1) is 17.9. The average molecular weight is 530 g/mol. The Labute approximate surface area is 214 Å². The molecule has 0 unspecified atom stereocenters. The molecule has 1 saturated heterocycles. The molecule has 0 bridgehead atoms. The van der Waals surface area contributed by atoms with Crippen LogP contribution in [0.3, 0.4) is 0 Å². The third-order valence-corrected chi connectivity index (χ3v) is 7.43. The van der Waals surface area contributed by atoms with Gasteiger partial charge in [0, 0.05) is 32.8 Å². The number of ether oxygens (including phenoxy) is 2. The summed E-state index contributed by atoms with van der Waals surface area (Å²) in [4.78, 5) is 16.8.